The van der Waals surface area contributed by atoms with Crippen molar-refractivity contribution in [3.05, 3.63) is 35.9 Å². The first-order valence-electron chi connectivity index (χ1n) is 14.5. The van der Waals surface area contributed by atoms with Gasteiger partial charge in [-0.1, -0.05) is 51.2 Å². The van der Waals surface area contributed by atoms with Crippen LogP contribution in [0.4, 0.5) is 0 Å². The SMILES string of the molecule is C[C@]12CC[C@H](OC(=O)C3CCCCCC3)CC1=CC[C@@H]1[C@@H]2CC[C@]2(C)C(n3ccnc3)=C(C=O)C[C@@H]12. The van der Waals surface area contributed by atoms with Crippen molar-refractivity contribution in [2.24, 2.45) is 34.5 Å². The number of esters is 1. The topological polar surface area (TPSA) is 61.2 Å². The third kappa shape index (κ3) is 3.83. The highest BCUT2D eigenvalue weighted by molar-refractivity contribution is 5.86. The number of allylic oxidation sites excluding steroid dienone is 3. The molecule has 0 bridgehead atoms. The Bertz CT molecular complexity index is 1060. The van der Waals surface area contributed by atoms with E-state index in [-0.39, 0.29) is 28.8 Å². The summed E-state index contributed by atoms with van der Waals surface area (Å²) in [5, 5.41) is 0. The van der Waals surface area contributed by atoms with Gasteiger partial charge in [-0.3, -0.25) is 9.59 Å². The van der Waals surface area contributed by atoms with E-state index in [4.69, 9.17) is 4.74 Å². The number of rotatable bonds is 4. The monoisotopic (exact) mass is 490 g/mol. The Morgan fingerprint density at radius 1 is 1.03 bits per heavy atom. The van der Waals surface area contributed by atoms with E-state index in [1.165, 1.54) is 43.4 Å². The Kier molecular flexibility index (Phi) is 6.24. The smallest absolute Gasteiger partial charge is 0.309 e. The van der Waals surface area contributed by atoms with E-state index in [9.17, 15) is 9.59 Å². The predicted octanol–water partition coefficient (Wildman–Crippen LogP) is 6.75. The zero-order chi connectivity index (χ0) is 24.9. The zero-order valence-corrected chi connectivity index (χ0v) is 22.1. The van der Waals surface area contributed by atoms with Gasteiger partial charge in [0.15, 0.2) is 0 Å². The molecular formula is C31H42N2O3. The Labute approximate surface area is 215 Å². The third-order valence-electron chi connectivity index (χ3n) is 11.1. The lowest BCUT2D eigenvalue weighted by Crippen LogP contribution is -2.50. The number of carbonyl (C=O) groups is 2. The number of nitrogens with zero attached hydrogens (tertiary/aromatic N) is 2. The van der Waals surface area contributed by atoms with Crippen molar-refractivity contribution >= 4 is 18.0 Å². The molecule has 5 nitrogen and oxygen atoms in total. The maximum atomic E-state index is 13.0. The minimum atomic E-state index is 0.0191. The maximum Gasteiger partial charge on any atom is 0.309 e. The van der Waals surface area contributed by atoms with Gasteiger partial charge in [0, 0.05) is 35.5 Å². The van der Waals surface area contributed by atoms with Crippen LogP contribution >= 0.6 is 0 Å². The quantitative estimate of drug-likeness (QED) is 0.203. The molecule has 0 spiro atoms. The van der Waals surface area contributed by atoms with Gasteiger partial charge < -0.3 is 9.30 Å². The molecule has 6 atom stereocenters. The van der Waals surface area contributed by atoms with Crippen LogP contribution in [0.1, 0.15) is 97.3 Å². The van der Waals surface area contributed by atoms with Gasteiger partial charge in [0.05, 0.1) is 12.2 Å². The second-order valence-corrected chi connectivity index (χ2v) is 12.9. The number of imidazole rings is 1. The molecule has 1 aromatic heterocycles. The molecule has 1 heterocycles. The summed E-state index contributed by atoms with van der Waals surface area (Å²) in [5.74, 6) is 1.92. The van der Waals surface area contributed by atoms with E-state index in [1.54, 1.807) is 0 Å². The van der Waals surface area contributed by atoms with Crippen molar-refractivity contribution in [3.8, 4) is 0 Å². The molecule has 0 N–H and O–H groups in total. The van der Waals surface area contributed by atoms with Crippen molar-refractivity contribution in [1.82, 2.24) is 9.55 Å². The van der Waals surface area contributed by atoms with E-state index in [2.05, 4.69) is 29.5 Å². The summed E-state index contributed by atoms with van der Waals surface area (Å²) in [6, 6.07) is 0. The molecule has 0 aliphatic heterocycles. The van der Waals surface area contributed by atoms with Gasteiger partial charge >= 0.3 is 5.97 Å². The number of carbonyl (C=O) groups excluding carboxylic acids is 2. The average Bonchev–Trinajstić information content (AvgIpc) is 3.39. The lowest BCUT2D eigenvalue weighted by molar-refractivity contribution is -0.156. The molecule has 0 saturated heterocycles. The summed E-state index contributed by atoms with van der Waals surface area (Å²) in [4.78, 5) is 29.4. The second-order valence-electron chi connectivity index (χ2n) is 12.9. The number of hydrogen-bond acceptors (Lipinski definition) is 4. The summed E-state index contributed by atoms with van der Waals surface area (Å²) in [5.41, 5.74) is 3.90. The molecule has 5 aliphatic rings. The summed E-state index contributed by atoms with van der Waals surface area (Å²) in [6.45, 7) is 4.88. The highest BCUT2D eigenvalue weighted by atomic mass is 16.5. The average molecular weight is 491 g/mol. The van der Waals surface area contributed by atoms with E-state index >= 15 is 0 Å². The van der Waals surface area contributed by atoms with Crippen LogP contribution < -0.4 is 0 Å². The van der Waals surface area contributed by atoms with Gasteiger partial charge in [-0.15, -0.1) is 0 Å². The third-order valence-corrected chi connectivity index (χ3v) is 11.1. The summed E-state index contributed by atoms with van der Waals surface area (Å²) >= 11 is 0. The van der Waals surface area contributed by atoms with Crippen LogP contribution in [-0.4, -0.2) is 27.9 Å². The number of ether oxygens (including phenoxy) is 1. The molecule has 36 heavy (non-hydrogen) atoms. The number of aromatic nitrogens is 2. The van der Waals surface area contributed by atoms with Gasteiger partial charge in [0.1, 0.15) is 12.4 Å². The van der Waals surface area contributed by atoms with Gasteiger partial charge in [0.2, 0.25) is 0 Å². The first-order valence-corrected chi connectivity index (χ1v) is 14.5. The van der Waals surface area contributed by atoms with Crippen molar-refractivity contribution < 1.29 is 14.3 Å². The van der Waals surface area contributed by atoms with Crippen molar-refractivity contribution in [2.45, 2.75) is 103 Å². The summed E-state index contributed by atoms with van der Waals surface area (Å²) in [6.07, 6.45) is 23.5. The van der Waals surface area contributed by atoms with Crippen molar-refractivity contribution in [1.29, 1.82) is 0 Å². The Balaban J connectivity index is 1.19. The van der Waals surface area contributed by atoms with Crippen LogP contribution in [0.5, 0.6) is 0 Å². The molecule has 0 unspecified atom stereocenters. The van der Waals surface area contributed by atoms with Crippen LogP contribution in [0.2, 0.25) is 0 Å². The van der Waals surface area contributed by atoms with E-state index < -0.39 is 0 Å². The Hall–Kier alpha value is -2.17. The summed E-state index contributed by atoms with van der Waals surface area (Å²) < 4.78 is 8.25. The fourth-order valence-corrected chi connectivity index (χ4v) is 9.15. The highest BCUT2D eigenvalue weighted by Crippen LogP contribution is 2.66. The van der Waals surface area contributed by atoms with Crippen LogP contribution in [-0.2, 0) is 14.3 Å². The molecule has 5 heteroatoms. The standard InChI is InChI=1S/C31H42N2O3/c1-30-13-11-24(36-29(35)21-7-5-3-4-6-8-21)18-23(30)9-10-25-26(30)12-14-31(2)27(25)17-22(19-34)28(31)33-16-15-32-20-33/h9,15-16,19-21,24-27H,3-8,10-14,17-18H2,1-2H3/t24-,25+,26-,27-,30-,31-/m0/s1. The van der Waals surface area contributed by atoms with E-state index in [0.29, 0.717) is 17.8 Å². The van der Waals surface area contributed by atoms with Crippen LogP contribution in [0.15, 0.2) is 35.9 Å². The normalized spacial score (nSPS) is 38.9. The maximum absolute atomic E-state index is 13.0. The van der Waals surface area contributed by atoms with Crippen LogP contribution in [0.3, 0.4) is 0 Å². The van der Waals surface area contributed by atoms with E-state index in [0.717, 1.165) is 63.2 Å². The first-order chi connectivity index (χ1) is 17.4. The van der Waals surface area contributed by atoms with Crippen molar-refractivity contribution in [3.63, 3.8) is 0 Å². The number of hydrogen-bond donors (Lipinski definition) is 0. The molecule has 1 aromatic rings. The molecule has 0 radical (unpaired) electrons. The molecule has 0 aromatic carbocycles. The molecular weight excluding hydrogens is 448 g/mol. The molecule has 3 saturated carbocycles. The minimum Gasteiger partial charge on any atom is -0.462 e. The largest absolute Gasteiger partial charge is 0.462 e. The van der Waals surface area contributed by atoms with Gasteiger partial charge in [-0.2, -0.15) is 0 Å². The fraction of sp³-hybridized carbons (Fsp3) is 0.710. The van der Waals surface area contributed by atoms with Gasteiger partial charge in [-0.05, 0) is 74.5 Å². The molecule has 5 aliphatic carbocycles. The van der Waals surface area contributed by atoms with Crippen molar-refractivity contribution in [2.75, 3.05) is 0 Å². The second kappa shape index (κ2) is 9.29. The number of fused-ring (bicyclic) bond motifs is 5. The molecule has 194 valence electrons. The van der Waals surface area contributed by atoms with Crippen LogP contribution in [0, 0.1) is 34.5 Å². The van der Waals surface area contributed by atoms with E-state index in [1.807, 2.05) is 18.7 Å². The highest BCUT2D eigenvalue weighted by Gasteiger charge is 2.58. The Morgan fingerprint density at radius 2 is 1.81 bits per heavy atom. The lowest BCUT2D eigenvalue weighted by atomic mass is 9.47. The first kappa shape index (κ1) is 24.2. The zero-order valence-electron chi connectivity index (χ0n) is 22.1. The molecule has 6 rings (SSSR count). The molecule has 0 amide bonds. The van der Waals surface area contributed by atoms with Crippen LogP contribution in [0.25, 0.3) is 5.70 Å². The van der Waals surface area contributed by atoms with Gasteiger partial charge in [0.25, 0.3) is 0 Å². The fourth-order valence-electron chi connectivity index (χ4n) is 9.15. The lowest BCUT2D eigenvalue weighted by Gasteiger charge is -2.57. The Morgan fingerprint density at radius 3 is 2.53 bits per heavy atom. The minimum absolute atomic E-state index is 0.0191. The predicted molar refractivity (Wildman–Crippen MR) is 140 cm³/mol. The van der Waals surface area contributed by atoms with Gasteiger partial charge in [-0.25, -0.2) is 4.98 Å². The molecule has 3 fully saturated rings. The number of aldehydes is 1. The summed E-state index contributed by atoms with van der Waals surface area (Å²) in [7, 11) is 0.